The van der Waals surface area contributed by atoms with Gasteiger partial charge in [0.05, 0.1) is 29.3 Å². The van der Waals surface area contributed by atoms with Crippen LogP contribution >= 0.6 is 11.8 Å². The number of amides is 1. The molecule has 4 atom stereocenters. The zero-order valence-corrected chi connectivity index (χ0v) is 30.4. The number of nitrogens with one attached hydrogen (secondary N) is 2. The van der Waals surface area contributed by atoms with Crippen LogP contribution in [0, 0.1) is 6.92 Å². The topological polar surface area (TPSA) is 164 Å². The Morgan fingerprint density at radius 3 is 2.25 bits per heavy atom. The van der Waals surface area contributed by atoms with E-state index >= 15 is 0 Å². The molecule has 53 heavy (non-hydrogen) atoms. The largest absolute Gasteiger partial charge is 0.478 e. The Labute approximate surface area is 312 Å². The SMILES string of the molecule is Cc1ccc(S(=O)(=O)NC(Cc2ccccc2)C(=O)Nc2ccc(C3OC(CSc4ncccc4C(=O)O)CC(c4ccc(CO)cc4)O3)cc2)cc1. The Bertz CT molecular complexity index is 2110. The van der Waals surface area contributed by atoms with E-state index in [2.05, 4.69) is 15.0 Å². The molecule has 1 saturated heterocycles. The van der Waals surface area contributed by atoms with Crippen molar-refractivity contribution in [3.63, 3.8) is 0 Å². The molecule has 0 spiro atoms. The number of nitrogens with zero attached hydrogens (tertiary/aromatic N) is 1. The third-order valence-electron chi connectivity index (χ3n) is 8.70. The number of hydrogen-bond acceptors (Lipinski definition) is 9. The first-order valence-electron chi connectivity index (χ1n) is 16.9. The highest BCUT2D eigenvalue weighted by atomic mass is 32.2. The summed E-state index contributed by atoms with van der Waals surface area (Å²) in [5.41, 5.74) is 4.61. The predicted octanol–water partition coefficient (Wildman–Crippen LogP) is 6.45. The zero-order chi connectivity index (χ0) is 37.4. The Hall–Kier alpha value is -4.89. The van der Waals surface area contributed by atoms with Crippen LogP contribution < -0.4 is 10.0 Å². The average Bonchev–Trinajstić information content (AvgIpc) is 3.17. The molecule has 11 nitrogen and oxygen atoms in total. The monoisotopic (exact) mass is 753 g/mol. The molecule has 0 radical (unpaired) electrons. The molecule has 1 fully saturated rings. The smallest absolute Gasteiger partial charge is 0.338 e. The number of thioether (sulfide) groups is 1. The number of carbonyl (C=O) groups is 2. The minimum Gasteiger partial charge on any atom is -0.478 e. The van der Waals surface area contributed by atoms with Gasteiger partial charge in [0.15, 0.2) is 6.29 Å². The molecule has 0 aliphatic carbocycles. The molecular weight excluding hydrogens is 715 g/mol. The quantitative estimate of drug-likeness (QED) is 0.0928. The maximum Gasteiger partial charge on any atom is 0.338 e. The maximum atomic E-state index is 13.7. The molecule has 1 aliphatic heterocycles. The minimum atomic E-state index is -4.01. The first kappa shape index (κ1) is 37.9. The number of carbonyl (C=O) groups excluding carboxylic acids is 1. The Morgan fingerprint density at radius 1 is 0.868 bits per heavy atom. The fraction of sp³-hybridized carbons (Fsp3) is 0.225. The van der Waals surface area contributed by atoms with Gasteiger partial charge in [0, 0.05) is 29.6 Å². The molecule has 13 heteroatoms. The van der Waals surface area contributed by atoms with Gasteiger partial charge in [-0.2, -0.15) is 4.72 Å². The number of anilines is 1. The van der Waals surface area contributed by atoms with Crippen molar-refractivity contribution in [3.05, 3.63) is 155 Å². The van der Waals surface area contributed by atoms with E-state index in [1.807, 2.05) is 61.5 Å². The van der Waals surface area contributed by atoms with E-state index in [0.717, 1.165) is 22.3 Å². The summed E-state index contributed by atoms with van der Waals surface area (Å²) in [6.45, 7) is 1.78. The lowest BCUT2D eigenvalue weighted by Gasteiger charge is -2.36. The summed E-state index contributed by atoms with van der Waals surface area (Å²) in [5, 5.41) is 22.4. The standard InChI is InChI=1S/C40H39N3O8S2/c1-26-9-19-33(20-10-26)53(48,49)43-35(22-27-6-3-2-4-7-27)37(45)42-31-17-15-30(16-18-31)40-50-32(25-52-38-34(39(46)47)8-5-21-41-38)23-36(51-40)29-13-11-28(24-44)12-14-29/h2-21,32,35-36,40,43-44H,22-25H2,1H3,(H,42,45)(H,46,47). The molecule has 1 aromatic heterocycles. The van der Waals surface area contributed by atoms with Crippen molar-refractivity contribution in [2.75, 3.05) is 11.1 Å². The summed E-state index contributed by atoms with van der Waals surface area (Å²) < 4.78 is 42.1. The van der Waals surface area contributed by atoms with E-state index < -0.39 is 34.2 Å². The average molecular weight is 754 g/mol. The van der Waals surface area contributed by atoms with Crippen LogP contribution in [-0.2, 0) is 37.3 Å². The lowest BCUT2D eigenvalue weighted by Crippen LogP contribution is -2.45. The van der Waals surface area contributed by atoms with Crippen LogP contribution in [0.1, 0.15) is 57.0 Å². The molecule has 0 bridgehead atoms. The van der Waals surface area contributed by atoms with Gasteiger partial charge in [0.25, 0.3) is 0 Å². The van der Waals surface area contributed by atoms with Crippen molar-refractivity contribution in [2.24, 2.45) is 0 Å². The second kappa shape index (κ2) is 17.3. The van der Waals surface area contributed by atoms with Gasteiger partial charge in [0.2, 0.25) is 15.9 Å². The van der Waals surface area contributed by atoms with Gasteiger partial charge in [-0.25, -0.2) is 18.2 Å². The number of carboxylic acid groups (broad SMARTS) is 1. The molecule has 1 aliphatic rings. The van der Waals surface area contributed by atoms with Gasteiger partial charge in [-0.15, -0.1) is 11.8 Å². The number of aliphatic hydroxyl groups excluding tert-OH is 1. The second-order valence-electron chi connectivity index (χ2n) is 12.6. The summed E-state index contributed by atoms with van der Waals surface area (Å²) in [6, 6.07) is 32.0. The van der Waals surface area contributed by atoms with Crippen molar-refractivity contribution < 1.29 is 37.7 Å². The van der Waals surface area contributed by atoms with Gasteiger partial charge in [-0.1, -0.05) is 84.4 Å². The summed E-state index contributed by atoms with van der Waals surface area (Å²) in [7, 11) is -4.01. The van der Waals surface area contributed by atoms with Gasteiger partial charge < -0.3 is 25.0 Å². The van der Waals surface area contributed by atoms with Crippen LogP contribution in [0.2, 0.25) is 0 Å². The molecule has 4 N–H and O–H groups in total. The molecule has 4 unspecified atom stereocenters. The Morgan fingerprint density at radius 2 is 1.57 bits per heavy atom. The van der Waals surface area contributed by atoms with Gasteiger partial charge >= 0.3 is 5.97 Å². The highest BCUT2D eigenvalue weighted by Crippen LogP contribution is 2.40. The molecule has 1 amide bonds. The lowest BCUT2D eigenvalue weighted by molar-refractivity contribution is -0.245. The van der Waals surface area contributed by atoms with Crippen LogP contribution in [0.25, 0.3) is 0 Å². The van der Waals surface area contributed by atoms with Gasteiger partial charge in [-0.3, -0.25) is 4.79 Å². The summed E-state index contributed by atoms with van der Waals surface area (Å²) in [6.07, 6.45) is 0.672. The summed E-state index contributed by atoms with van der Waals surface area (Å²) in [4.78, 5) is 29.8. The van der Waals surface area contributed by atoms with E-state index in [4.69, 9.17) is 9.47 Å². The van der Waals surface area contributed by atoms with E-state index in [9.17, 15) is 28.2 Å². The first-order valence-corrected chi connectivity index (χ1v) is 19.4. The number of benzene rings is 4. The third kappa shape index (κ3) is 9.96. The molecule has 274 valence electrons. The van der Waals surface area contributed by atoms with Crippen LogP contribution in [0.3, 0.4) is 0 Å². The number of carboxylic acids is 1. The number of aromatic nitrogens is 1. The maximum absolute atomic E-state index is 13.7. The van der Waals surface area contributed by atoms with E-state index in [1.54, 1.807) is 48.7 Å². The number of hydrogen-bond donors (Lipinski definition) is 4. The summed E-state index contributed by atoms with van der Waals surface area (Å²) in [5.74, 6) is -1.17. The Balaban J connectivity index is 1.19. The fourth-order valence-corrected chi connectivity index (χ4v) is 8.03. The van der Waals surface area contributed by atoms with Crippen molar-refractivity contribution in [3.8, 4) is 0 Å². The van der Waals surface area contributed by atoms with Gasteiger partial charge in [-0.05, 0) is 66.4 Å². The van der Waals surface area contributed by atoms with Gasteiger partial charge in [0.1, 0.15) is 11.1 Å². The van der Waals surface area contributed by atoms with E-state index in [0.29, 0.717) is 28.5 Å². The van der Waals surface area contributed by atoms with Crippen LogP contribution in [0.15, 0.2) is 131 Å². The molecule has 0 saturated carbocycles. The molecule has 5 aromatic rings. The Kier molecular flexibility index (Phi) is 12.3. The number of sulfonamides is 1. The fourth-order valence-electron chi connectivity index (χ4n) is 5.83. The number of aliphatic hydroxyl groups is 1. The normalized spacial score (nSPS) is 17.9. The molecular formula is C40H39N3O8S2. The first-order chi connectivity index (χ1) is 25.6. The lowest BCUT2D eigenvalue weighted by atomic mass is 10.0. The van der Waals surface area contributed by atoms with Crippen molar-refractivity contribution in [2.45, 2.75) is 60.8 Å². The van der Waals surface area contributed by atoms with Crippen LogP contribution in [0.4, 0.5) is 5.69 Å². The van der Waals surface area contributed by atoms with E-state index in [-0.39, 0.29) is 35.7 Å². The number of rotatable bonds is 14. The number of aromatic carboxylic acids is 1. The highest BCUT2D eigenvalue weighted by Gasteiger charge is 2.33. The number of aryl methyl sites for hydroxylation is 1. The summed E-state index contributed by atoms with van der Waals surface area (Å²) >= 11 is 1.30. The highest BCUT2D eigenvalue weighted by molar-refractivity contribution is 7.99. The minimum absolute atomic E-state index is 0.0625. The van der Waals surface area contributed by atoms with Crippen molar-refractivity contribution >= 4 is 39.3 Å². The molecule has 2 heterocycles. The van der Waals surface area contributed by atoms with Crippen LogP contribution in [-0.4, -0.2) is 53.4 Å². The van der Waals surface area contributed by atoms with E-state index in [1.165, 1.54) is 30.0 Å². The molecule has 6 rings (SSSR count). The van der Waals surface area contributed by atoms with Crippen molar-refractivity contribution in [1.29, 1.82) is 0 Å². The number of pyridine rings is 1. The number of ether oxygens (including phenoxy) is 2. The zero-order valence-electron chi connectivity index (χ0n) is 28.8. The van der Waals surface area contributed by atoms with Crippen molar-refractivity contribution in [1.82, 2.24) is 9.71 Å². The molecule has 4 aromatic carbocycles. The van der Waals surface area contributed by atoms with Crippen LogP contribution in [0.5, 0.6) is 0 Å². The third-order valence-corrected chi connectivity index (χ3v) is 11.3. The predicted molar refractivity (Wildman–Crippen MR) is 201 cm³/mol. The second-order valence-corrected chi connectivity index (χ2v) is 15.3.